The number of ether oxygens (including phenoxy) is 2. The lowest BCUT2D eigenvalue weighted by Crippen LogP contribution is -2.28. The van der Waals surface area contributed by atoms with Gasteiger partial charge in [0.25, 0.3) is 0 Å². The Morgan fingerprint density at radius 2 is 1.17 bits per heavy atom. The van der Waals surface area contributed by atoms with Crippen molar-refractivity contribution in [1.29, 1.82) is 0 Å². The lowest BCUT2D eigenvalue weighted by Gasteiger charge is -2.15. The normalized spacial score (nSPS) is 12.0. The SMILES string of the molecule is CCCCCc1cc(C)c(CCCCCCCCC(=O)O[C@@H](CO)COC(=O)CCCCCCCCc2oc(CCC)c(C)c2C)o1. The van der Waals surface area contributed by atoms with Crippen molar-refractivity contribution >= 4 is 11.9 Å². The van der Waals surface area contributed by atoms with Gasteiger partial charge in [0.05, 0.1) is 6.61 Å². The van der Waals surface area contributed by atoms with E-state index >= 15 is 0 Å². The molecule has 7 heteroatoms. The molecule has 0 radical (unpaired) electrons. The minimum Gasteiger partial charge on any atom is -0.466 e. The van der Waals surface area contributed by atoms with Crippen LogP contribution in [-0.2, 0) is 44.7 Å². The van der Waals surface area contributed by atoms with Gasteiger partial charge in [-0.05, 0) is 82.1 Å². The predicted octanol–water partition coefficient (Wildman–Crippen LogP) is 10.2. The van der Waals surface area contributed by atoms with Gasteiger partial charge < -0.3 is 23.4 Å². The second kappa shape index (κ2) is 24.6. The lowest BCUT2D eigenvalue weighted by atomic mass is 10.0. The Morgan fingerprint density at radius 1 is 0.638 bits per heavy atom. The quantitative estimate of drug-likeness (QED) is 0.0717. The van der Waals surface area contributed by atoms with Gasteiger partial charge in [0.2, 0.25) is 0 Å². The van der Waals surface area contributed by atoms with Crippen LogP contribution in [0.15, 0.2) is 14.9 Å². The fourth-order valence-corrected chi connectivity index (χ4v) is 6.09. The maximum atomic E-state index is 12.2. The molecule has 0 aliphatic heterocycles. The highest BCUT2D eigenvalue weighted by molar-refractivity contribution is 5.70. The van der Waals surface area contributed by atoms with Crippen LogP contribution in [0.3, 0.4) is 0 Å². The van der Waals surface area contributed by atoms with Crippen molar-refractivity contribution < 1.29 is 33.0 Å². The molecule has 0 aliphatic rings. The Morgan fingerprint density at radius 3 is 1.77 bits per heavy atom. The van der Waals surface area contributed by atoms with Gasteiger partial charge in [0, 0.05) is 38.5 Å². The maximum absolute atomic E-state index is 12.2. The van der Waals surface area contributed by atoms with E-state index < -0.39 is 6.10 Å². The number of hydrogen-bond donors (Lipinski definition) is 1. The average Bonchev–Trinajstić information content (AvgIpc) is 3.54. The zero-order chi connectivity index (χ0) is 34.3. The minimum absolute atomic E-state index is 0.0951. The number of unbranched alkanes of at least 4 members (excludes halogenated alkanes) is 12. The first-order valence-corrected chi connectivity index (χ1v) is 18.9. The number of rotatable bonds is 28. The summed E-state index contributed by atoms with van der Waals surface area (Å²) in [4.78, 5) is 24.4. The highest BCUT2D eigenvalue weighted by Crippen LogP contribution is 2.24. The minimum atomic E-state index is -0.802. The summed E-state index contributed by atoms with van der Waals surface area (Å²) in [6.07, 6.45) is 21.2. The van der Waals surface area contributed by atoms with Crippen molar-refractivity contribution in [1.82, 2.24) is 0 Å². The van der Waals surface area contributed by atoms with Crippen LogP contribution >= 0.6 is 0 Å². The fraction of sp³-hybridized carbons (Fsp3) is 0.750. The van der Waals surface area contributed by atoms with Crippen LogP contribution in [0.5, 0.6) is 0 Å². The summed E-state index contributed by atoms with van der Waals surface area (Å²) in [6, 6.07) is 2.20. The summed E-state index contributed by atoms with van der Waals surface area (Å²) in [7, 11) is 0. The third-order valence-corrected chi connectivity index (χ3v) is 9.22. The number of esters is 2. The molecule has 0 fully saturated rings. The number of aryl methyl sites for hydroxylation is 5. The van der Waals surface area contributed by atoms with Gasteiger partial charge in [-0.3, -0.25) is 9.59 Å². The van der Waals surface area contributed by atoms with Gasteiger partial charge in [0.1, 0.15) is 29.6 Å². The molecule has 1 atom stereocenters. The lowest BCUT2D eigenvalue weighted by molar-refractivity contribution is -0.161. The Hall–Kier alpha value is -2.54. The number of aliphatic hydroxyl groups excluding tert-OH is 1. The van der Waals surface area contributed by atoms with Crippen LogP contribution < -0.4 is 0 Å². The molecule has 0 bridgehead atoms. The topological polar surface area (TPSA) is 99.1 Å². The summed E-state index contributed by atoms with van der Waals surface area (Å²) in [5.41, 5.74) is 3.90. The van der Waals surface area contributed by atoms with Crippen molar-refractivity contribution in [2.75, 3.05) is 13.2 Å². The first-order valence-electron chi connectivity index (χ1n) is 18.9. The Labute approximate surface area is 285 Å². The zero-order valence-corrected chi connectivity index (χ0v) is 30.5. The zero-order valence-electron chi connectivity index (χ0n) is 30.5. The van der Waals surface area contributed by atoms with Gasteiger partial charge in [-0.2, -0.15) is 0 Å². The number of aliphatic hydroxyl groups is 1. The van der Waals surface area contributed by atoms with E-state index in [-0.39, 0.29) is 25.2 Å². The molecule has 7 nitrogen and oxygen atoms in total. The molecular weight excluding hydrogens is 592 g/mol. The molecule has 0 unspecified atom stereocenters. The third kappa shape index (κ3) is 16.9. The Bertz CT molecular complexity index is 1130. The molecule has 0 aromatic carbocycles. The summed E-state index contributed by atoms with van der Waals surface area (Å²) >= 11 is 0. The van der Waals surface area contributed by atoms with Crippen molar-refractivity contribution in [3.8, 4) is 0 Å². The standard InChI is InChI=1S/C40H66O7/c1-6-8-17-23-34-28-31(3)36(45-34)24-18-13-9-12-16-21-27-40(43)46-35(29-41)30-44-39(42)26-20-15-11-10-14-19-25-38-33(5)32(4)37(47-38)22-7-2/h28,35,41H,6-27,29-30H2,1-5H3/t35-/m0/s1. The second-order valence-corrected chi connectivity index (χ2v) is 13.4. The highest BCUT2D eigenvalue weighted by Gasteiger charge is 2.16. The van der Waals surface area contributed by atoms with E-state index in [9.17, 15) is 14.7 Å². The smallest absolute Gasteiger partial charge is 0.306 e. The molecular formula is C40H66O7. The first-order chi connectivity index (χ1) is 22.8. The van der Waals surface area contributed by atoms with Gasteiger partial charge in [0.15, 0.2) is 6.10 Å². The van der Waals surface area contributed by atoms with Crippen molar-refractivity contribution in [3.05, 3.63) is 45.8 Å². The molecule has 0 aliphatic carbocycles. The van der Waals surface area contributed by atoms with E-state index in [1.807, 2.05) is 0 Å². The van der Waals surface area contributed by atoms with Gasteiger partial charge in [-0.1, -0.05) is 78.1 Å². The molecule has 0 amide bonds. The van der Waals surface area contributed by atoms with Crippen molar-refractivity contribution in [3.63, 3.8) is 0 Å². The molecule has 47 heavy (non-hydrogen) atoms. The van der Waals surface area contributed by atoms with Crippen LogP contribution in [0.25, 0.3) is 0 Å². The average molecular weight is 659 g/mol. The first kappa shape index (κ1) is 40.6. The van der Waals surface area contributed by atoms with Gasteiger partial charge >= 0.3 is 11.9 Å². The molecule has 2 heterocycles. The summed E-state index contributed by atoms with van der Waals surface area (Å²) in [5.74, 6) is 3.90. The number of carbonyl (C=O) groups excluding carboxylic acids is 2. The van der Waals surface area contributed by atoms with E-state index in [2.05, 4.69) is 40.7 Å². The highest BCUT2D eigenvalue weighted by atomic mass is 16.6. The van der Waals surface area contributed by atoms with E-state index in [0.717, 1.165) is 132 Å². The Kier molecular flexibility index (Phi) is 21.3. The van der Waals surface area contributed by atoms with Gasteiger partial charge in [-0.25, -0.2) is 0 Å². The predicted molar refractivity (Wildman–Crippen MR) is 189 cm³/mol. The monoisotopic (exact) mass is 658 g/mol. The van der Waals surface area contributed by atoms with Crippen LogP contribution in [0.1, 0.15) is 169 Å². The Balaban J connectivity index is 1.43. The molecule has 1 N–H and O–H groups in total. The van der Waals surface area contributed by atoms with Crippen LogP contribution in [0, 0.1) is 20.8 Å². The largest absolute Gasteiger partial charge is 0.466 e. The summed E-state index contributed by atoms with van der Waals surface area (Å²) < 4.78 is 22.8. The maximum Gasteiger partial charge on any atom is 0.306 e. The summed E-state index contributed by atoms with van der Waals surface area (Å²) in [5, 5.41) is 9.59. The molecule has 2 rings (SSSR count). The number of hydrogen-bond acceptors (Lipinski definition) is 7. The number of carbonyl (C=O) groups is 2. The van der Waals surface area contributed by atoms with E-state index in [1.54, 1.807) is 0 Å². The fourth-order valence-electron chi connectivity index (χ4n) is 6.09. The van der Waals surface area contributed by atoms with Gasteiger partial charge in [-0.15, -0.1) is 0 Å². The molecule has 0 spiro atoms. The van der Waals surface area contributed by atoms with E-state index in [0.29, 0.717) is 12.8 Å². The molecule has 268 valence electrons. The number of furan rings is 2. The van der Waals surface area contributed by atoms with Crippen LogP contribution in [0.2, 0.25) is 0 Å². The second-order valence-electron chi connectivity index (χ2n) is 13.4. The third-order valence-electron chi connectivity index (χ3n) is 9.22. The van der Waals surface area contributed by atoms with E-state index in [1.165, 1.54) is 36.0 Å². The van der Waals surface area contributed by atoms with Crippen LogP contribution in [0.4, 0.5) is 0 Å². The summed E-state index contributed by atoms with van der Waals surface area (Å²) in [6.45, 7) is 10.4. The van der Waals surface area contributed by atoms with E-state index in [4.69, 9.17) is 18.3 Å². The molecule has 0 saturated heterocycles. The molecule has 2 aromatic rings. The van der Waals surface area contributed by atoms with Crippen molar-refractivity contribution in [2.45, 2.75) is 182 Å². The van der Waals surface area contributed by atoms with Crippen molar-refractivity contribution in [2.24, 2.45) is 0 Å². The molecule has 2 aromatic heterocycles. The van der Waals surface area contributed by atoms with Crippen LogP contribution in [-0.4, -0.2) is 36.4 Å². The molecule has 0 saturated carbocycles.